The van der Waals surface area contributed by atoms with Crippen molar-refractivity contribution >= 4 is 27.5 Å². The van der Waals surface area contributed by atoms with Crippen LogP contribution in [0.3, 0.4) is 0 Å². The Hall–Kier alpha value is -3.65. The lowest BCUT2D eigenvalue weighted by atomic mass is 10.1. The van der Waals surface area contributed by atoms with E-state index in [1.165, 1.54) is 17.0 Å². The SMILES string of the molecule is CC[C@@H](C)NC(=O)[C@H](C)N(Cc1ccccc1C)C(=O)CN(c1cccc(C)c1)S(=O)(=O)c1ccccc1. The van der Waals surface area contributed by atoms with Gasteiger partial charge in [0.25, 0.3) is 10.0 Å². The maximum atomic E-state index is 13.9. The number of anilines is 1. The maximum absolute atomic E-state index is 13.9. The molecule has 3 aromatic rings. The fourth-order valence-corrected chi connectivity index (χ4v) is 5.48. The monoisotopic (exact) mass is 535 g/mol. The average molecular weight is 536 g/mol. The quantitative estimate of drug-likeness (QED) is 0.381. The van der Waals surface area contributed by atoms with E-state index < -0.39 is 28.5 Å². The lowest BCUT2D eigenvalue weighted by Gasteiger charge is -2.32. The number of sulfonamides is 1. The smallest absolute Gasteiger partial charge is 0.264 e. The number of amides is 2. The van der Waals surface area contributed by atoms with E-state index in [-0.39, 0.29) is 23.4 Å². The summed E-state index contributed by atoms with van der Waals surface area (Å²) >= 11 is 0. The van der Waals surface area contributed by atoms with Crippen LogP contribution in [-0.4, -0.2) is 43.8 Å². The van der Waals surface area contributed by atoms with E-state index in [0.717, 1.165) is 27.4 Å². The molecule has 0 aromatic heterocycles. The topological polar surface area (TPSA) is 86.8 Å². The van der Waals surface area contributed by atoms with Crippen LogP contribution in [0.4, 0.5) is 5.69 Å². The zero-order valence-corrected chi connectivity index (χ0v) is 23.5. The van der Waals surface area contributed by atoms with Gasteiger partial charge in [0, 0.05) is 12.6 Å². The van der Waals surface area contributed by atoms with Gasteiger partial charge in [-0.25, -0.2) is 8.42 Å². The molecule has 0 fully saturated rings. The molecule has 38 heavy (non-hydrogen) atoms. The van der Waals surface area contributed by atoms with Crippen molar-refractivity contribution in [3.63, 3.8) is 0 Å². The molecule has 202 valence electrons. The molecule has 2 atom stereocenters. The summed E-state index contributed by atoms with van der Waals surface area (Å²) in [4.78, 5) is 28.6. The predicted molar refractivity (Wildman–Crippen MR) is 151 cm³/mol. The molecule has 0 saturated heterocycles. The fourth-order valence-electron chi connectivity index (χ4n) is 4.05. The molecule has 0 aliphatic rings. The van der Waals surface area contributed by atoms with Crippen molar-refractivity contribution in [1.29, 1.82) is 0 Å². The number of aryl methyl sites for hydroxylation is 2. The third-order valence-electron chi connectivity index (χ3n) is 6.67. The first-order valence-electron chi connectivity index (χ1n) is 12.8. The maximum Gasteiger partial charge on any atom is 0.264 e. The number of benzene rings is 3. The number of nitrogens with zero attached hydrogens (tertiary/aromatic N) is 2. The molecule has 0 aliphatic heterocycles. The Labute approximate surface area is 226 Å². The summed E-state index contributed by atoms with van der Waals surface area (Å²) in [6.45, 7) is 9.09. The van der Waals surface area contributed by atoms with Crippen LogP contribution in [0.5, 0.6) is 0 Å². The molecule has 0 bridgehead atoms. The minimum Gasteiger partial charge on any atom is -0.352 e. The minimum atomic E-state index is -4.06. The standard InChI is InChI=1S/C30H37N3O4S/c1-6-24(4)31-30(35)25(5)32(20-26-15-11-10-14-23(26)3)29(34)21-33(27-16-12-13-22(2)19-27)38(36,37)28-17-8-7-9-18-28/h7-19,24-25H,6,20-21H2,1-5H3,(H,31,35)/t24-,25+/m1/s1. The second-order valence-corrected chi connectivity index (χ2v) is 11.5. The van der Waals surface area contributed by atoms with Gasteiger partial charge >= 0.3 is 0 Å². The van der Waals surface area contributed by atoms with Crippen LogP contribution in [0.25, 0.3) is 0 Å². The molecule has 0 radical (unpaired) electrons. The van der Waals surface area contributed by atoms with Gasteiger partial charge in [0.05, 0.1) is 10.6 Å². The van der Waals surface area contributed by atoms with Gasteiger partial charge in [-0.3, -0.25) is 13.9 Å². The second kappa shape index (κ2) is 12.7. The minimum absolute atomic E-state index is 0.0531. The van der Waals surface area contributed by atoms with Crippen LogP contribution in [-0.2, 0) is 26.2 Å². The van der Waals surface area contributed by atoms with E-state index in [1.807, 2.05) is 58.0 Å². The summed E-state index contributed by atoms with van der Waals surface area (Å²) < 4.78 is 28.7. The Morgan fingerprint density at radius 1 is 0.895 bits per heavy atom. The molecule has 1 N–H and O–H groups in total. The Morgan fingerprint density at radius 3 is 2.18 bits per heavy atom. The lowest BCUT2D eigenvalue weighted by Crippen LogP contribution is -2.52. The van der Waals surface area contributed by atoms with Gasteiger partial charge in [-0.15, -0.1) is 0 Å². The number of carbonyl (C=O) groups is 2. The molecular formula is C30H37N3O4S. The second-order valence-electron chi connectivity index (χ2n) is 9.61. The molecule has 3 aromatic carbocycles. The first-order chi connectivity index (χ1) is 18.0. The van der Waals surface area contributed by atoms with Crippen LogP contribution in [0.2, 0.25) is 0 Å². The highest BCUT2D eigenvalue weighted by atomic mass is 32.2. The van der Waals surface area contributed by atoms with Crippen LogP contribution >= 0.6 is 0 Å². The van der Waals surface area contributed by atoms with Gasteiger partial charge in [0.2, 0.25) is 11.8 Å². The van der Waals surface area contributed by atoms with E-state index in [4.69, 9.17) is 0 Å². The summed E-state index contributed by atoms with van der Waals surface area (Å²) in [7, 11) is -4.06. The van der Waals surface area contributed by atoms with E-state index >= 15 is 0 Å². The van der Waals surface area contributed by atoms with Gasteiger partial charge < -0.3 is 10.2 Å². The van der Waals surface area contributed by atoms with Crippen LogP contribution in [0.1, 0.15) is 43.9 Å². The Morgan fingerprint density at radius 2 is 1.55 bits per heavy atom. The largest absolute Gasteiger partial charge is 0.352 e. The first kappa shape index (κ1) is 28.9. The Balaban J connectivity index is 2.03. The van der Waals surface area contributed by atoms with Crippen molar-refractivity contribution in [1.82, 2.24) is 10.2 Å². The molecule has 3 rings (SSSR count). The van der Waals surface area contributed by atoms with E-state index in [2.05, 4.69) is 5.32 Å². The van der Waals surface area contributed by atoms with Gasteiger partial charge in [-0.05, 0) is 75.1 Å². The summed E-state index contributed by atoms with van der Waals surface area (Å²) in [6.07, 6.45) is 0.751. The molecule has 0 heterocycles. The van der Waals surface area contributed by atoms with E-state index in [9.17, 15) is 18.0 Å². The summed E-state index contributed by atoms with van der Waals surface area (Å²) in [5.41, 5.74) is 3.11. The van der Waals surface area contributed by atoms with Crippen LogP contribution in [0.15, 0.2) is 83.8 Å². The molecule has 7 nitrogen and oxygen atoms in total. The number of nitrogens with one attached hydrogen (secondary N) is 1. The molecule has 0 aliphatic carbocycles. The number of hydrogen-bond acceptors (Lipinski definition) is 4. The van der Waals surface area contributed by atoms with Gasteiger partial charge in [-0.1, -0.05) is 61.5 Å². The van der Waals surface area contributed by atoms with Gasteiger partial charge in [-0.2, -0.15) is 0 Å². The molecule has 2 amide bonds. The highest BCUT2D eigenvalue weighted by molar-refractivity contribution is 7.92. The van der Waals surface area contributed by atoms with Gasteiger partial charge in [0.1, 0.15) is 12.6 Å². The molecule has 0 saturated carbocycles. The summed E-state index contributed by atoms with van der Waals surface area (Å²) in [5, 5.41) is 2.95. The van der Waals surface area contributed by atoms with Crippen molar-refractivity contribution in [2.45, 2.75) is 64.6 Å². The lowest BCUT2D eigenvalue weighted by molar-refractivity contribution is -0.139. The third-order valence-corrected chi connectivity index (χ3v) is 8.46. The molecule has 0 unspecified atom stereocenters. The number of hydrogen-bond donors (Lipinski definition) is 1. The first-order valence-corrected chi connectivity index (χ1v) is 14.3. The highest BCUT2D eigenvalue weighted by Gasteiger charge is 2.32. The average Bonchev–Trinajstić information content (AvgIpc) is 2.91. The zero-order valence-electron chi connectivity index (χ0n) is 22.7. The fraction of sp³-hybridized carbons (Fsp3) is 0.333. The van der Waals surface area contributed by atoms with Crippen molar-refractivity contribution in [3.8, 4) is 0 Å². The van der Waals surface area contributed by atoms with Gasteiger partial charge in [0.15, 0.2) is 0 Å². The van der Waals surface area contributed by atoms with E-state index in [1.54, 1.807) is 43.3 Å². The number of rotatable bonds is 11. The number of carbonyl (C=O) groups excluding carboxylic acids is 2. The summed E-state index contributed by atoms with van der Waals surface area (Å²) in [6, 6.07) is 21.9. The van der Waals surface area contributed by atoms with Crippen molar-refractivity contribution in [2.24, 2.45) is 0 Å². The van der Waals surface area contributed by atoms with Crippen molar-refractivity contribution in [2.75, 3.05) is 10.8 Å². The van der Waals surface area contributed by atoms with Crippen molar-refractivity contribution < 1.29 is 18.0 Å². The Bertz CT molecular complexity index is 1360. The summed E-state index contributed by atoms with van der Waals surface area (Å²) in [5.74, 6) is -0.754. The Kier molecular flexibility index (Phi) is 9.69. The van der Waals surface area contributed by atoms with Crippen LogP contribution < -0.4 is 9.62 Å². The molecule has 8 heteroatoms. The predicted octanol–water partition coefficient (Wildman–Crippen LogP) is 4.83. The third kappa shape index (κ3) is 7.01. The zero-order chi connectivity index (χ0) is 27.9. The van der Waals surface area contributed by atoms with Crippen LogP contribution in [0, 0.1) is 13.8 Å². The highest BCUT2D eigenvalue weighted by Crippen LogP contribution is 2.25. The molecular weight excluding hydrogens is 498 g/mol. The van der Waals surface area contributed by atoms with E-state index in [0.29, 0.717) is 5.69 Å². The van der Waals surface area contributed by atoms with Crippen molar-refractivity contribution in [3.05, 3.63) is 95.6 Å². The molecule has 0 spiro atoms. The normalized spacial score (nSPS) is 12.9.